The number of fused-ring (bicyclic) bond motifs is 1. The predicted octanol–water partition coefficient (Wildman–Crippen LogP) is 2.96. The normalized spacial score (nSPS) is 14.3. The van der Waals surface area contributed by atoms with E-state index < -0.39 is 10.0 Å². The summed E-state index contributed by atoms with van der Waals surface area (Å²) >= 11 is 6.17. The third-order valence-electron chi connectivity index (χ3n) is 4.65. The fourth-order valence-corrected chi connectivity index (χ4v) is 4.73. The van der Waals surface area contributed by atoms with Crippen molar-refractivity contribution < 1.29 is 22.4 Å². The maximum absolute atomic E-state index is 12.8. The predicted molar refractivity (Wildman–Crippen MR) is 109 cm³/mol. The summed E-state index contributed by atoms with van der Waals surface area (Å²) < 4.78 is 34.4. The van der Waals surface area contributed by atoms with E-state index >= 15 is 0 Å². The van der Waals surface area contributed by atoms with Crippen LogP contribution in [-0.4, -0.2) is 30.0 Å². The molecule has 30 heavy (non-hydrogen) atoms. The number of nitrogens with zero attached hydrogens (tertiary/aromatic N) is 2. The van der Waals surface area contributed by atoms with Crippen LogP contribution in [0.3, 0.4) is 0 Å². The van der Waals surface area contributed by atoms with Gasteiger partial charge in [0.25, 0.3) is 0 Å². The van der Waals surface area contributed by atoms with Crippen LogP contribution in [0.2, 0.25) is 5.02 Å². The molecule has 2 aromatic heterocycles. The standard InChI is InChI=1S/C19H17ClN4O5S/c1-11-18(19-22-16(25)6-7-17(26)24(19)23-11)12-4-5-14(20)15(9-12)30(27,28)21-10-13-3-2-8-29-13/h2-5,8-9,21H,6-7,10H2,1H3,(H,22,25). The fraction of sp³-hybridized carbons (Fsp3) is 0.211. The van der Waals surface area contributed by atoms with Gasteiger partial charge in [-0.3, -0.25) is 9.59 Å². The number of aryl methyl sites for hydroxylation is 1. The zero-order valence-electron chi connectivity index (χ0n) is 15.8. The molecule has 0 spiro atoms. The smallest absolute Gasteiger partial charge is 0.249 e. The SMILES string of the molecule is Cc1nn2c(c1-c1ccc(Cl)c(S(=O)(=O)NCc3ccco3)c1)NC(=O)CCC2=O. The molecular formula is C19H17ClN4O5S. The summed E-state index contributed by atoms with van der Waals surface area (Å²) in [5.41, 5.74) is 1.37. The summed E-state index contributed by atoms with van der Waals surface area (Å²) in [7, 11) is -3.97. The van der Waals surface area contributed by atoms with Gasteiger partial charge in [0, 0.05) is 18.4 Å². The minimum absolute atomic E-state index is 0.0294. The maximum Gasteiger partial charge on any atom is 0.249 e. The van der Waals surface area contributed by atoms with Gasteiger partial charge >= 0.3 is 0 Å². The lowest BCUT2D eigenvalue weighted by Crippen LogP contribution is -2.23. The highest BCUT2D eigenvalue weighted by molar-refractivity contribution is 7.89. The van der Waals surface area contributed by atoms with Crippen LogP contribution < -0.4 is 10.0 Å². The first-order valence-corrected chi connectivity index (χ1v) is 10.9. The molecule has 0 saturated heterocycles. The first-order valence-electron chi connectivity index (χ1n) is 9.01. The Kier molecular flexibility index (Phi) is 5.22. The molecule has 1 amide bonds. The zero-order valence-corrected chi connectivity index (χ0v) is 17.4. The first-order chi connectivity index (χ1) is 14.3. The van der Waals surface area contributed by atoms with E-state index in [-0.39, 0.29) is 46.9 Å². The molecule has 3 aromatic rings. The van der Waals surface area contributed by atoms with E-state index in [2.05, 4.69) is 15.1 Å². The van der Waals surface area contributed by atoms with E-state index in [0.29, 0.717) is 22.6 Å². The van der Waals surface area contributed by atoms with Crippen LogP contribution >= 0.6 is 11.6 Å². The van der Waals surface area contributed by atoms with Crippen molar-refractivity contribution >= 4 is 39.3 Å². The summed E-state index contributed by atoms with van der Waals surface area (Å²) in [6.45, 7) is 1.64. The van der Waals surface area contributed by atoms with Gasteiger partial charge in [-0.1, -0.05) is 17.7 Å². The van der Waals surface area contributed by atoms with Crippen molar-refractivity contribution in [1.29, 1.82) is 0 Å². The number of benzene rings is 1. The van der Waals surface area contributed by atoms with Crippen LogP contribution in [0.1, 0.15) is 29.1 Å². The molecule has 3 heterocycles. The van der Waals surface area contributed by atoms with Gasteiger partial charge in [-0.2, -0.15) is 9.78 Å². The van der Waals surface area contributed by atoms with Gasteiger partial charge in [0.05, 0.1) is 23.5 Å². The van der Waals surface area contributed by atoms with E-state index in [1.165, 1.54) is 18.4 Å². The second-order valence-electron chi connectivity index (χ2n) is 6.71. The highest BCUT2D eigenvalue weighted by Crippen LogP contribution is 2.36. The number of anilines is 1. The molecule has 0 fully saturated rings. The first kappa shape index (κ1) is 20.3. The molecule has 1 aliphatic rings. The average Bonchev–Trinajstić information content (AvgIpc) is 3.30. The molecule has 0 bridgehead atoms. The second kappa shape index (κ2) is 7.71. The number of sulfonamides is 1. The molecule has 4 rings (SSSR count). The Labute approximate surface area is 177 Å². The average molecular weight is 449 g/mol. The van der Waals surface area contributed by atoms with Crippen molar-refractivity contribution in [3.05, 3.63) is 53.1 Å². The van der Waals surface area contributed by atoms with E-state index in [1.54, 1.807) is 25.1 Å². The summed E-state index contributed by atoms with van der Waals surface area (Å²) in [5, 5.41) is 6.95. The minimum Gasteiger partial charge on any atom is -0.468 e. The van der Waals surface area contributed by atoms with Crippen LogP contribution in [0.15, 0.2) is 45.9 Å². The molecule has 0 atom stereocenters. The van der Waals surface area contributed by atoms with Crippen molar-refractivity contribution in [3.8, 4) is 11.1 Å². The van der Waals surface area contributed by atoms with Gasteiger partial charge in [0.15, 0.2) is 0 Å². The molecule has 2 N–H and O–H groups in total. The number of amides is 1. The number of halogens is 1. The molecule has 11 heteroatoms. The van der Waals surface area contributed by atoms with Crippen molar-refractivity contribution in [2.24, 2.45) is 0 Å². The van der Waals surface area contributed by atoms with Gasteiger partial charge in [-0.05, 0) is 36.8 Å². The fourth-order valence-electron chi connectivity index (χ4n) is 3.21. The third kappa shape index (κ3) is 3.76. The van der Waals surface area contributed by atoms with Crippen molar-refractivity contribution in [2.45, 2.75) is 31.2 Å². The Bertz CT molecular complexity index is 1250. The van der Waals surface area contributed by atoms with E-state index in [4.69, 9.17) is 16.0 Å². The van der Waals surface area contributed by atoms with Crippen molar-refractivity contribution in [2.75, 3.05) is 5.32 Å². The van der Waals surface area contributed by atoms with Gasteiger partial charge in [0.1, 0.15) is 16.5 Å². The molecule has 156 valence electrons. The highest BCUT2D eigenvalue weighted by atomic mass is 35.5. The van der Waals surface area contributed by atoms with Crippen LogP contribution in [0.5, 0.6) is 0 Å². The summed E-state index contributed by atoms with van der Waals surface area (Å²) in [5.74, 6) is 0.0314. The maximum atomic E-state index is 12.8. The largest absolute Gasteiger partial charge is 0.468 e. The topological polar surface area (TPSA) is 123 Å². The lowest BCUT2D eigenvalue weighted by atomic mass is 10.1. The number of hydrogen-bond acceptors (Lipinski definition) is 6. The number of nitrogens with one attached hydrogen (secondary N) is 2. The van der Waals surface area contributed by atoms with Crippen molar-refractivity contribution in [1.82, 2.24) is 14.5 Å². The second-order valence-corrected chi connectivity index (χ2v) is 8.85. The molecule has 1 aliphatic heterocycles. The van der Waals surface area contributed by atoms with Crippen LogP contribution in [-0.2, 0) is 21.4 Å². The van der Waals surface area contributed by atoms with E-state index in [0.717, 1.165) is 4.68 Å². The number of rotatable bonds is 5. The molecule has 0 radical (unpaired) electrons. The van der Waals surface area contributed by atoms with Gasteiger partial charge in [-0.25, -0.2) is 13.1 Å². The Morgan fingerprint density at radius 3 is 2.80 bits per heavy atom. The number of furan rings is 1. The molecule has 0 saturated carbocycles. The lowest BCUT2D eigenvalue weighted by molar-refractivity contribution is -0.116. The summed E-state index contributed by atoms with van der Waals surface area (Å²) in [6, 6.07) is 7.74. The van der Waals surface area contributed by atoms with Crippen molar-refractivity contribution in [3.63, 3.8) is 0 Å². The Morgan fingerprint density at radius 1 is 1.27 bits per heavy atom. The third-order valence-corrected chi connectivity index (χ3v) is 6.53. The Balaban J connectivity index is 1.76. The molecule has 0 unspecified atom stereocenters. The lowest BCUT2D eigenvalue weighted by Gasteiger charge is -2.11. The zero-order chi connectivity index (χ0) is 21.5. The van der Waals surface area contributed by atoms with Crippen LogP contribution in [0.25, 0.3) is 11.1 Å². The van der Waals surface area contributed by atoms with Gasteiger partial charge in [-0.15, -0.1) is 0 Å². The number of carbonyl (C=O) groups is 2. The summed E-state index contributed by atoms with van der Waals surface area (Å²) in [4.78, 5) is 24.2. The Morgan fingerprint density at radius 2 is 2.07 bits per heavy atom. The molecule has 1 aromatic carbocycles. The number of hydrogen-bond donors (Lipinski definition) is 2. The number of carbonyl (C=O) groups excluding carboxylic acids is 2. The van der Waals surface area contributed by atoms with Crippen LogP contribution in [0.4, 0.5) is 5.82 Å². The van der Waals surface area contributed by atoms with E-state index in [1.807, 2.05) is 0 Å². The van der Waals surface area contributed by atoms with Crippen LogP contribution in [0, 0.1) is 6.92 Å². The monoisotopic (exact) mass is 448 g/mol. The Hall–Kier alpha value is -2.95. The molecule has 9 nitrogen and oxygen atoms in total. The molecular weight excluding hydrogens is 432 g/mol. The highest BCUT2D eigenvalue weighted by Gasteiger charge is 2.27. The number of aromatic nitrogens is 2. The van der Waals surface area contributed by atoms with Gasteiger partial charge < -0.3 is 9.73 Å². The molecule has 0 aliphatic carbocycles. The van der Waals surface area contributed by atoms with E-state index in [9.17, 15) is 18.0 Å². The van der Waals surface area contributed by atoms with Gasteiger partial charge in [0.2, 0.25) is 21.8 Å². The minimum atomic E-state index is -3.97. The quantitative estimate of drug-likeness (QED) is 0.618. The summed E-state index contributed by atoms with van der Waals surface area (Å²) in [6.07, 6.45) is 1.54.